The summed E-state index contributed by atoms with van der Waals surface area (Å²) in [5.74, 6) is 0.272. The van der Waals surface area contributed by atoms with Gasteiger partial charge in [-0.3, -0.25) is 9.78 Å². The normalized spacial score (nSPS) is 32.1. The third kappa shape index (κ3) is 3.31. The van der Waals surface area contributed by atoms with E-state index in [1.54, 1.807) is 12.1 Å². The Morgan fingerprint density at radius 1 is 1.48 bits per heavy atom. The van der Waals surface area contributed by atoms with Crippen molar-refractivity contribution in [1.82, 2.24) is 9.88 Å². The van der Waals surface area contributed by atoms with Crippen molar-refractivity contribution in [1.29, 1.82) is 0 Å². The molecule has 0 spiro atoms. The van der Waals surface area contributed by atoms with E-state index in [-0.39, 0.29) is 34.9 Å². The van der Waals surface area contributed by atoms with E-state index in [9.17, 15) is 13.6 Å². The molecule has 1 aromatic rings. The molecule has 4 nitrogen and oxygen atoms in total. The van der Waals surface area contributed by atoms with Gasteiger partial charge >= 0.3 is 0 Å². The van der Waals surface area contributed by atoms with Gasteiger partial charge in [0.05, 0.1) is 5.92 Å². The number of likely N-dealkylation sites (tertiary alicyclic amines) is 1. The van der Waals surface area contributed by atoms with Crippen molar-refractivity contribution in [3.63, 3.8) is 0 Å². The van der Waals surface area contributed by atoms with Gasteiger partial charge < -0.3 is 10.6 Å². The number of amides is 1. The number of pyridine rings is 1. The van der Waals surface area contributed by atoms with Crippen molar-refractivity contribution in [2.45, 2.75) is 50.2 Å². The van der Waals surface area contributed by atoms with Crippen LogP contribution in [0.25, 0.3) is 0 Å². The van der Waals surface area contributed by atoms with Gasteiger partial charge in [-0.15, -0.1) is 0 Å². The van der Waals surface area contributed by atoms with Gasteiger partial charge in [-0.2, -0.15) is 8.78 Å². The Bertz CT molecular complexity index is 666. The van der Waals surface area contributed by atoms with E-state index < -0.39 is 5.66 Å². The molecule has 138 valence electrons. The Balaban J connectivity index is 1.70. The highest BCUT2D eigenvalue weighted by molar-refractivity contribution is 7.17. The third-order valence-electron chi connectivity index (χ3n) is 5.91. The van der Waals surface area contributed by atoms with Crippen molar-refractivity contribution in [3.8, 4) is 0 Å². The van der Waals surface area contributed by atoms with Crippen LogP contribution in [0.5, 0.6) is 0 Å². The number of hydrogen-bond acceptors (Lipinski definition) is 3. The fraction of sp³-hybridized carbons (Fsp3) is 0.667. The number of nitrogens with two attached hydrogens (primary N) is 1. The van der Waals surface area contributed by atoms with Crippen LogP contribution >= 0.6 is 9.24 Å². The first-order valence-corrected chi connectivity index (χ1v) is 9.51. The summed E-state index contributed by atoms with van der Waals surface area (Å²) >= 11 is 0. The second-order valence-corrected chi connectivity index (χ2v) is 8.02. The molecule has 1 aromatic heterocycles. The number of hydrogen-bond donors (Lipinski definition) is 1. The minimum atomic E-state index is -3.03. The average molecular weight is 369 g/mol. The number of halogens is 2. The van der Waals surface area contributed by atoms with Crippen LogP contribution in [0, 0.1) is 11.8 Å². The van der Waals surface area contributed by atoms with Crippen molar-refractivity contribution in [2.24, 2.45) is 17.6 Å². The Morgan fingerprint density at radius 2 is 2.20 bits per heavy atom. The fourth-order valence-electron chi connectivity index (χ4n) is 4.30. The van der Waals surface area contributed by atoms with Gasteiger partial charge in [0, 0.05) is 30.2 Å². The van der Waals surface area contributed by atoms with Crippen LogP contribution < -0.4 is 5.73 Å². The first-order chi connectivity index (χ1) is 11.7. The average Bonchev–Trinajstić information content (AvgIpc) is 2.94. The minimum absolute atomic E-state index is 0.00359. The molecule has 0 aromatic carbocycles. The van der Waals surface area contributed by atoms with Crippen molar-refractivity contribution >= 4 is 15.1 Å². The summed E-state index contributed by atoms with van der Waals surface area (Å²) in [5.41, 5.74) is 3.36. The van der Waals surface area contributed by atoms with Gasteiger partial charge in [0.2, 0.25) is 5.91 Å². The van der Waals surface area contributed by atoms with Crippen LogP contribution in [0.4, 0.5) is 8.78 Å². The molecular weight excluding hydrogens is 343 g/mol. The monoisotopic (exact) mass is 369 g/mol. The van der Waals surface area contributed by atoms with Crippen molar-refractivity contribution in [3.05, 3.63) is 29.6 Å². The van der Waals surface area contributed by atoms with Crippen LogP contribution in [0.1, 0.15) is 50.4 Å². The quantitative estimate of drug-likeness (QED) is 0.812. The van der Waals surface area contributed by atoms with Gasteiger partial charge in [-0.25, -0.2) is 0 Å². The van der Waals surface area contributed by atoms with Gasteiger partial charge in [0.25, 0.3) is 5.66 Å². The highest BCUT2D eigenvalue weighted by Crippen LogP contribution is 2.54. The second kappa shape index (κ2) is 6.55. The molecule has 2 aliphatic rings. The fourth-order valence-corrected chi connectivity index (χ4v) is 4.46. The number of carbonyl (C=O) groups is 1. The van der Waals surface area contributed by atoms with Crippen LogP contribution in [0.3, 0.4) is 0 Å². The zero-order chi connectivity index (χ0) is 18.4. The molecule has 0 radical (unpaired) electrons. The molecule has 5 atom stereocenters. The van der Waals surface area contributed by atoms with Crippen LogP contribution in [-0.2, 0) is 10.5 Å². The van der Waals surface area contributed by atoms with Crippen molar-refractivity contribution in [2.75, 3.05) is 13.1 Å². The lowest BCUT2D eigenvalue weighted by Crippen LogP contribution is -2.35. The summed E-state index contributed by atoms with van der Waals surface area (Å²) in [6.45, 7) is 5.27. The predicted octanol–water partition coefficient (Wildman–Crippen LogP) is 3.09. The first-order valence-electron chi connectivity index (χ1n) is 8.94. The predicted molar refractivity (Wildman–Crippen MR) is 96.3 cm³/mol. The number of nitrogens with zero attached hydrogens (tertiary/aromatic N) is 2. The number of alkyl halides is 2. The van der Waals surface area contributed by atoms with E-state index in [0.29, 0.717) is 18.8 Å². The maximum atomic E-state index is 13.5. The van der Waals surface area contributed by atoms with E-state index in [0.717, 1.165) is 19.3 Å². The summed E-state index contributed by atoms with van der Waals surface area (Å²) in [5, 5.41) is 0. The molecule has 7 heteroatoms. The topological polar surface area (TPSA) is 59.2 Å². The zero-order valence-corrected chi connectivity index (χ0v) is 15.9. The lowest BCUT2D eigenvalue weighted by atomic mass is 10.0. The molecular formula is C18H26F2N3OP. The Hall–Kier alpha value is -1.13. The molecule has 3 rings (SSSR count). The van der Waals surface area contributed by atoms with Crippen molar-refractivity contribution < 1.29 is 13.6 Å². The number of carbonyl (C=O) groups excluding carboxylic acids is 1. The molecule has 1 aliphatic carbocycles. The van der Waals surface area contributed by atoms with Gasteiger partial charge in [0.1, 0.15) is 5.69 Å². The van der Waals surface area contributed by atoms with Gasteiger partial charge in [-0.05, 0) is 30.9 Å². The molecule has 25 heavy (non-hydrogen) atoms. The standard InChI is InChI=1S/C18H26F2N3OP/c1-3-12-15(17(12,21)4-2)16(24)23-9-8-11(10-23)13-6-5-7-14(22-13)18(19,20)25/h5-7,11-12,15H,3-4,8-10,21,25H2,1-2H3/t11?,12?,15-,17?/m0/s1. The maximum absolute atomic E-state index is 13.5. The Morgan fingerprint density at radius 3 is 2.76 bits per heavy atom. The summed E-state index contributed by atoms with van der Waals surface area (Å²) < 4.78 is 26.9. The van der Waals surface area contributed by atoms with E-state index >= 15 is 0 Å². The molecule has 2 heterocycles. The number of aromatic nitrogens is 1. The largest absolute Gasteiger partial charge is 0.342 e. The summed E-state index contributed by atoms with van der Waals surface area (Å²) in [6.07, 6.45) is 2.45. The zero-order valence-electron chi connectivity index (χ0n) is 14.7. The van der Waals surface area contributed by atoms with Gasteiger partial charge in [0.15, 0.2) is 0 Å². The summed E-state index contributed by atoms with van der Waals surface area (Å²) in [6, 6.07) is 4.70. The van der Waals surface area contributed by atoms with Crippen LogP contribution in [0.2, 0.25) is 0 Å². The Kier molecular flexibility index (Phi) is 4.89. The minimum Gasteiger partial charge on any atom is -0.342 e. The Labute approximate surface area is 149 Å². The van der Waals surface area contributed by atoms with E-state index in [4.69, 9.17) is 5.73 Å². The van der Waals surface area contributed by atoms with Gasteiger partial charge in [-0.1, -0.05) is 35.6 Å². The van der Waals surface area contributed by atoms with Crippen LogP contribution in [0.15, 0.2) is 18.2 Å². The van der Waals surface area contributed by atoms with E-state index in [2.05, 4.69) is 11.9 Å². The molecule has 1 saturated carbocycles. The highest BCUT2D eigenvalue weighted by Gasteiger charge is 2.64. The number of rotatable bonds is 5. The molecule has 2 N–H and O–H groups in total. The summed E-state index contributed by atoms with van der Waals surface area (Å²) in [4.78, 5) is 18.8. The van der Waals surface area contributed by atoms with Crippen LogP contribution in [-0.4, -0.2) is 34.4 Å². The maximum Gasteiger partial charge on any atom is 0.300 e. The lowest BCUT2D eigenvalue weighted by Gasteiger charge is -2.18. The second-order valence-electron chi connectivity index (χ2n) is 7.30. The molecule has 2 fully saturated rings. The van der Waals surface area contributed by atoms with E-state index in [1.807, 2.05) is 11.8 Å². The molecule has 1 amide bonds. The highest BCUT2D eigenvalue weighted by atomic mass is 31.0. The molecule has 1 aliphatic heterocycles. The van der Waals surface area contributed by atoms with E-state index in [1.165, 1.54) is 15.3 Å². The third-order valence-corrected chi connectivity index (χ3v) is 6.21. The smallest absolute Gasteiger partial charge is 0.300 e. The molecule has 0 bridgehead atoms. The first kappa shape index (κ1) is 18.7. The molecule has 4 unspecified atom stereocenters. The lowest BCUT2D eigenvalue weighted by molar-refractivity contribution is -0.132. The summed E-state index contributed by atoms with van der Waals surface area (Å²) in [7, 11) is 1.52. The molecule has 1 saturated heterocycles. The SMILES string of the molecule is CCC1[C@@H](C(=O)N2CCC(c3cccc(C(F)(F)P)n3)C2)C1(N)CC.